The van der Waals surface area contributed by atoms with E-state index in [4.69, 9.17) is 0 Å². The zero-order valence-corrected chi connectivity index (χ0v) is 12.2. The number of urea groups is 1. The Labute approximate surface area is 121 Å². The number of carbonyl (C=O) groups excluding carboxylic acids is 2. The molecule has 2 saturated heterocycles. The Morgan fingerprint density at radius 2 is 2.25 bits per heavy atom. The van der Waals surface area contributed by atoms with Gasteiger partial charge in [-0.25, -0.2) is 9.59 Å². The van der Waals surface area contributed by atoms with Crippen LogP contribution in [0, 0.1) is 0 Å². The van der Waals surface area contributed by atoms with Crippen molar-refractivity contribution in [3.05, 3.63) is 0 Å². The lowest BCUT2D eigenvalue weighted by Gasteiger charge is -2.35. The molecule has 0 spiro atoms. The number of aliphatic carboxylic acids is 1. The minimum Gasteiger partial charge on any atom is -0.480 e. The second-order valence-corrected chi connectivity index (χ2v) is 6.10. The van der Waals surface area contributed by atoms with E-state index in [-0.39, 0.29) is 23.9 Å². The Morgan fingerprint density at radius 3 is 2.85 bits per heavy atom. The lowest BCUT2D eigenvalue weighted by atomic mass is 10.2. The van der Waals surface area contributed by atoms with Crippen molar-refractivity contribution in [3.8, 4) is 0 Å². The van der Waals surface area contributed by atoms with Crippen molar-refractivity contribution < 1.29 is 19.5 Å². The lowest BCUT2D eigenvalue weighted by molar-refractivity contribution is -0.141. The van der Waals surface area contributed by atoms with Gasteiger partial charge in [-0.15, -0.1) is 11.8 Å². The molecule has 7 nitrogen and oxygen atoms in total. The summed E-state index contributed by atoms with van der Waals surface area (Å²) >= 11 is 1.50. The quantitative estimate of drug-likeness (QED) is 0.775. The van der Waals surface area contributed by atoms with Crippen molar-refractivity contribution in [1.29, 1.82) is 0 Å². The van der Waals surface area contributed by atoms with E-state index in [9.17, 15) is 19.5 Å². The highest BCUT2D eigenvalue weighted by molar-refractivity contribution is 8.00. The van der Waals surface area contributed by atoms with Crippen molar-refractivity contribution >= 4 is 29.7 Å². The number of hydrogen-bond donors (Lipinski definition) is 2. The van der Waals surface area contributed by atoms with Gasteiger partial charge in [-0.05, 0) is 6.42 Å². The summed E-state index contributed by atoms with van der Waals surface area (Å²) < 4.78 is 0. The van der Waals surface area contributed by atoms with Crippen molar-refractivity contribution in [2.75, 3.05) is 25.4 Å². The van der Waals surface area contributed by atoms with Crippen molar-refractivity contribution in [1.82, 2.24) is 15.1 Å². The molecule has 2 aliphatic rings. The van der Waals surface area contributed by atoms with Gasteiger partial charge in [-0.1, -0.05) is 13.3 Å². The van der Waals surface area contributed by atoms with Crippen molar-refractivity contribution in [3.63, 3.8) is 0 Å². The molecular weight excluding hydrogens is 282 g/mol. The number of thioether (sulfide) groups is 1. The normalized spacial score (nSPS) is 26.6. The SMILES string of the molecule is CCCC1SCC(C(=O)O)N1C(=O)N1CCNC(=O)C1. The molecule has 0 aromatic carbocycles. The van der Waals surface area contributed by atoms with E-state index < -0.39 is 12.0 Å². The van der Waals surface area contributed by atoms with Gasteiger partial charge in [0.25, 0.3) is 0 Å². The monoisotopic (exact) mass is 301 g/mol. The third-order valence-electron chi connectivity index (χ3n) is 3.44. The minimum absolute atomic E-state index is 0.00514. The number of piperazine rings is 1. The highest BCUT2D eigenvalue weighted by Crippen LogP contribution is 2.33. The maximum absolute atomic E-state index is 12.5. The van der Waals surface area contributed by atoms with Crippen LogP contribution in [0.5, 0.6) is 0 Å². The van der Waals surface area contributed by atoms with E-state index in [1.807, 2.05) is 6.92 Å². The average Bonchev–Trinajstić information content (AvgIpc) is 2.82. The Balaban J connectivity index is 2.13. The van der Waals surface area contributed by atoms with E-state index in [1.54, 1.807) is 0 Å². The molecule has 2 rings (SSSR count). The maximum atomic E-state index is 12.5. The Kier molecular flexibility index (Phi) is 4.74. The van der Waals surface area contributed by atoms with Crippen LogP contribution in [-0.2, 0) is 9.59 Å². The van der Waals surface area contributed by atoms with Crippen LogP contribution in [0.4, 0.5) is 4.79 Å². The van der Waals surface area contributed by atoms with Crippen LogP contribution in [0.2, 0.25) is 0 Å². The number of rotatable bonds is 3. The molecule has 20 heavy (non-hydrogen) atoms. The molecule has 0 aromatic rings. The first-order valence-corrected chi connectivity index (χ1v) is 7.77. The highest BCUT2D eigenvalue weighted by Gasteiger charge is 2.43. The van der Waals surface area contributed by atoms with Crippen LogP contribution in [0.3, 0.4) is 0 Å². The highest BCUT2D eigenvalue weighted by atomic mass is 32.2. The summed E-state index contributed by atoms with van der Waals surface area (Å²) in [5.74, 6) is -0.771. The smallest absolute Gasteiger partial charge is 0.327 e. The summed E-state index contributed by atoms with van der Waals surface area (Å²) in [4.78, 5) is 38.1. The zero-order chi connectivity index (χ0) is 14.7. The molecule has 0 bridgehead atoms. The molecule has 0 aliphatic carbocycles. The second-order valence-electron chi connectivity index (χ2n) is 4.89. The number of carbonyl (C=O) groups is 3. The minimum atomic E-state index is -0.981. The number of amides is 3. The van der Waals surface area contributed by atoms with Gasteiger partial charge in [0.1, 0.15) is 12.6 Å². The van der Waals surface area contributed by atoms with E-state index >= 15 is 0 Å². The Morgan fingerprint density at radius 1 is 1.50 bits per heavy atom. The van der Waals surface area contributed by atoms with E-state index in [0.29, 0.717) is 18.8 Å². The summed E-state index contributed by atoms with van der Waals surface area (Å²) in [5, 5.41) is 11.8. The Bertz CT molecular complexity index is 418. The molecule has 8 heteroatoms. The predicted octanol–water partition coefficient (Wildman–Crippen LogP) is 0.166. The molecule has 0 aromatic heterocycles. The number of carboxylic acids is 1. The summed E-state index contributed by atoms with van der Waals surface area (Å²) in [6.45, 7) is 2.86. The van der Waals surface area contributed by atoms with Gasteiger partial charge in [-0.2, -0.15) is 0 Å². The number of carboxylic acid groups (broad SMARTS) is 1. The van der Waals surface area contributed by atoms with Gasteiger partial charge in [0, 0.05) is 18.8 Å². The predicted molar refractivity (Wildman–Crippen MR) is 74.4 cm³/mol. The maximum Gasteiger partial charge on any atom is 0.327 e. The van der Waals surface area contributed by atoms with E-state index in [0.717, 1.165) is 12.8 Å². The molecule has 2 fully saturated rings. The van der Waals surface area contributed by atoms with Crippen LogP contribution >= 0.6 is 11.8 Å². The van der Waals surface area contributed by atoms with Gasteiger partial charge in [0.2, 0.25) is 5.91 Å². The van der Waals surface area contributed by atoms with Crippen LogP contribution < -0.4 is 5.32 Å². The zero-order valence-electron chi connectivity index (χ0n) is 11.4. The molecule has 112 valence electrons. The fourth-order valence-corrected chi connectivity index (χ4v) is 3.95. The van der Waals surface area contributed by atoms with Crippen molar-refractivity contribution in [2.45, 2.75) is 31.2 Å². The Hall–Kier alpha value is -1.44. The van der Waals surface area contributed by atoms with Crippen LogP contribution in [0.1, 0.15) is 19.8 Å². The first kappa shape index (κ1) is 15.0. The summed E-state index contributed by atoms with van der Waals surface area (Å²) in [6, 6.07) is -1.13. The standard InChI is InChI=1S/C12H19N3O4S/c1-2-3-10-15(8(7-20-10)11(17)18)12(19)14-5-4-13-9(16)6-14/h8,10H,2-7H2,1H3,(H,13,16)(H,17,18). The fourth-order valence-electron chi connectivity index (χ4n) is 2.44. The third kappa shape index (κ3) is 3.00. The first-order valence-electron chi connectivity index (χ1n) is 6.73. The molecule has 2 unspecified atom stereocenters. The van der Waals surface area contributed by atoms with Gasteiger partial charge in [0.05, 0.1) is 5.37 Å². The van der Waals surface area contributed by atoms with Crippen LogP contribution in [0.25, 0.3) is 0 Å². The largest absolute Gasteiger partial charge is 0.480 e. The average molecular weight is 301 g/mol. The summed E-state index contributed by atoms with van der Waals surface area (Å²) in [7, 11) is 0. The van der Waals surface area contributed by atoms with Gasteiger partial charge in [0.15, 0.2) is 0 Å². The molecule has 0 saturated carbocycles. The summed E-state index contributed by atoms with van der Waals surface area (Å²) in [6.07, 6.45) is 1.65. The van der Waals surface area contributed by atoms with Crippen molar-refractivity contribution in [2.24, 2.45) is 0 Å². The van der Waals surface area contributed by atoms with Crippen LogP contribution in [-0.4, -0.2) is 69.6 Å². The van der Waals surface area contributed by atoms with Crippen LogP contribution in [0.15, 0.2) is 0 Å². The molecular formula is C12H19N3O4S. The molecule has 2 atom stereocenters. The number of nitrogens with one attached hydrogen (secondary N) is 1. The molecule has 3 amide bonds. The van der Waals surface area contributed by atoms with E-state index in [1.165, 1.54) is 21.6 Å². The fraction of sp³-hybridized carbons (Fsp3) is 0.750. The molecule has 2 N–H and O–H groups in total. The van der Waals surface area contributed by atoms with Gasteiger partial charge < -0.3 is 15.3 Å². The topological polar surface area (TPSA) is 89.9 Å². The number of nitrogens with zero attached hydrogens (tertiary/aromatic N) is 2. The third-order valence-corrected chi connectivity index (χ3v) is 4.80. The van der Waals surface area contributed by atoms with Gasteiger partial charge >= 0.3 is 12.0 Å². The first-order chi connectivity index (χ1) is 9.54. The number of hydrogen-bond acceptors (Lipinski definition) is 4. The summed E-state index contributed by atoms with van der Waals surface area (Å²) in [5.41, 5.74) is 0. The molecule has 2 heterocycles. The lowest BCUT2D eigenvalue weighted by Crippen LogP contribution is -2.57. The molecule has 0 radical (unpaired) electrons. The molecule has 2 aliphatic heterocycles. The second kappa shape index (κ2) is 6.34. The van der Waals surface area contributed by atoms with Gasteiger partial charge in [-0.3, -0.25) is 9.69 Å². The van der Waals surface area contributed by atoms with E-state index in [2.05, 4.69) is 5.32 Å².